The summed E-state index contributed by atoms with van der Waals surface area (Å²) in [6.45, 7) is -0.0725. The molecule has 27 heavy (non-hydrogen) atoms. The molecule has 1 aliphatic carbocycles. The number of hydrogen-bond acceptors (Lipinski definition) is 5. The minimum atomic E-state index is -0.919. The van der Waals surface area contributed by atoms with Crippen molar-refractivity contribution in [2.75, 3.05) is 20.2 Å². The molecule has 2 aliphatic rings. The molecule has 0 bridgehead atoms. The number of ether oxygens (including phenoxy) is 1. The van der Waals surface area contributed by atoms with Crippen LogP contribution in [0.1, 0.15) is 31.2 Å². The number of carbonyl (C=O) groups is 4. The van der Waals surface area contributed by atoms with Gasteiger partial charge in [0.25, 0.3) is 0 Å². The minimum absolute atomic E-state index is 0.225. The monoisotopic (exact) mass is 373 g/mol. The van der Waals surface area contributed by atoms with Crippen LogP contribution in [0.4, 0.5) is 4.79 Å². The van der Waals surface area contributed by atoms with Crippen LogP contribution in [0.5, 0.6) is 5.75 Å². The van der Waals surface area contributed by atoms with Gasteiger partial charge in [0.1, 0.15) is 12.3 Å². The molecule has 0 unspecified atom stereocenters. The summed E-state index contributed by atoms with van der Waals surface area (Å²) in [5, 5.41) is 2.68. The Morgan fingerprint density at radius 2 is 1.78 bits per heavy atom. The fourth-order valence-corrected chi connectivity index (χ4v) is 3.48. The quantitative estimate of drug-likeness (QED) is 0.570. The molecule has 8 nitrogen and oxygen atoms in total. The SMILES string of the molecule is COc1ccc(CCNC(=O)CN2C(=O)C(=O)N(C3CCCC3)C2=O)cc1. The summed E-state index contributed by atoms with van der Waals surface area (Å²) >= 11 is 0. The summed E-state index contributed by atoms with van der Waals surface area (Å²) in [4.78, 5) is 50.5. The van der Waals surface area contributed by atoms with Gasteiger partial charge in [0, 0.05) is 12.6 Å². The average molecular weight is 373 g/mol. The van der Waals surface area contributed by atoms with Crippen LogP contribution in [0.2, 0.25) is 0 Å². The number of rotatable bonds is 7. The van der Waals surface area contributed by atoms with Crippen LogP contribution in [0.25, 0.3) is 0 Å². The zero-order valence-corrected chi connectivity index (χ0v) is 15.3. The first-order valence-corrected chi connectivity index (χ1v) is 9.10. The second-order valence-electron chi connectivity index (χ2n) is 6.74. The predicted octanol–water partition coefficient (Wildman–Crippen LogP) is 1.09. The van der Waals surface area contributed by atoms with Gasteiger partial charge in [-0.25, -0.2) is 9.69 Å². The molecule has 1 saturated heterocycles. The number of imide groups is 2. The molecule has 1 aromatic rings. The third-order valence-corrected chi connectivity index (χ3v) is 4.97. The second-order valence-corrected chi connectivity index (χ2v) is 6.74. The maximum Gasteiger partial charge on any atom is 0.334 e. The molecule has 0 aromatic heterocycles. The summed E-state index contributed by atoms with van der Waals surface area (Å²) in [5.41, 5.74) is 1.02. The van der Waals surface area contributed by atoms with E-state index in [0.717, 1.165) is 34.0 Å². The van der Waals surface area contributed by atoms with Crippen molar-refractivity contribution in [2.45, 2.75) is 38.1 Å². The van der Waals surface area contributed by atoms with Crippen molar-refractivity contribution in [1.29, 1.82) is 0 Å². The molecule has 1 saturated carbocycles. The lowest BCUT2D eigenvalue weighted by Gasteiger charge is -2.20. The third-order valence-electron chi connectivity index (χ3n) is 4.97. The second kappa shape index (κ2) is 8.20. The highest BCUT2D eigenvalue weighted by molar-refractivity contribution is 6.45. The molecule has 1 aliphatic heterocycles. The molecule has 1 heterocycles. The fourth-order valence-electron chi connectivity index (χ4n) is 3.48. The van der Waals surface area contributed by atoms with E-state index in [2.05, 4.69) is 5.32 Å². The molecule has 0 atom stereocenters. The summed E-state index contributed by atoms with van der Waals surface area (Å²) < 4.78 is 5.09. The van der Waals surface area contributed by atoms with Crippen LogP contribution in [0.3, 0.4) is 0 Å². The highest BCUT2D eigenvalue weighted by Crippen LogP contribution is 2.27. The molecule has 144 valence electrons. The Balaban J connectivity index is 1.50. The van der Waals surface area contributed by atoms with E-state index in [-0.39, 0.29) is 6.04 Å². The Bertz CT molecular complexity index is 740. The van der Waals surface area contributed by atoms with Gasteiger partial charge in [0.05, 0.1) is 7.11 Å². The molecular formula is C19H23N3O5. The Morgan fingerprint density at radius 1 is 1.11 bits per heavy atom. The number of amides is 5. The zero-order chi connectivity index (χ0) is 19.4. The topological polar surface area (TPSA) is 96.0 Å². The third kappa shape index (κ3) is 4.10. The van der Waals surface area contributed by atoms with Gasteiger partial charge < -0.3 is 10.1 Å². The van der Waals surface area contributed by atoms with Gasteiger partial charge in [0.2, 0.25) is 5.91 Å². The van der Waals surface area contributed by atoms with E-state index in [1.165, 1.54) is 0 Å². The minimum Gasteiger partial charge on any atom is -0.497 e. The van der Waals surface area contributed by atoms with Crippen molar-refractivity contribution in [1.82, 2.24) is 15.1 Å². The van der Waals surface area contributed by atoms with Crippen molar-refractivity contribution in [2.24, 2.45) is 0 Å². The van der Waals surface area contributed by atoms with E-state index < -0.39 is 30.3 Å². The van der Waals surface area contributed by atoms with E-state index in [1.54, 1.807) is 7.11 Å². The number of hydrogen-bond donors (Lipinski definition) is 1. The summed E-state index contributed by atoms with van der Waals surface area (Å²) in [6.07, 6.45) is 3.90. The van der Waals surface area contributed by atoms with Crippen LogP contribution >= 0.6 is 0 Å². The standard InChI is InChI=1S/C19H23N3O5/c1-27-15-8-6-13(7-9-15)10-11-20-16(23)12-21-17(24)18(25)22(19(21)26)14-4-2-3-5-14/h6-9,14H,2-5,10-12H2,1H3,(H,20,23). The van der Waals surface area contributed by atoms with E-state index in [4.69, 9.17) is 4.74 Å². The smallest absolute Gasteiger partial charge is 0.334 e. The Kier molecular flexibility index (Phi) is 5.73. The van der Waals surface area contributed by atoms with Crippen molar-refractivity contribution in [3.05, 3.63) is 29.8 Å². The lowest BCUT2D eigenvalue weighted by atomic mass is 10.1. The highest BCUT2D eigenvalue weighted by atomic mass is 16.5. The van der Waals surface area contributed by atoms with E-state index in [0.29, 0.717) is 25.8 Å². The van der Waals surface area contributed by atoms with Crippen LogP contribution in [-0.4, -0.2) is 59.8 Å². The molecular weight excluding hydrogens is 350 g/mol. The van der Waals surface area contributed by atoms with Gasteiger partial charge >= 0.3 is 17.8 Å². The maximum atomic E-state index is 12.4. The molecule has 3 rings (SSSR count). The maximum absolute atomic E-state index is 12.4. The first-order valence-electron chi connectivity index (χ1n) is 9.10. The highest BCUT2D eigenvalue weighted by Gasteiger charge is 2.48. The zero-order valence-electron chi connectivity index (χ0n) is 15.3. The number of urea groups is 1. The van der Waals surface area contributed by atoms with Gasteiger partial charge in [-0.3, -0.25) is 19.3 Å². The van der Waals surface area contributed by atoms with Crippen molar-refractivity contribution >= 4 is 23.8 Å². The van der Waals surface area contributed by atoms with Gasteiger partial charge in [-0.1, -0.05) is 25.0 Å². The normalized spacial score (nSPS) is 17.7. The van der Waals surface area contributed by atoms with Crippen molar-refractivity contribution < 1.29 is 23.9 Å². The van der Waals surface area contributed by atoms with E-state index in [1.807, 2.05) is 24.3 Å². The van der Waals surface area contributed by atoms with Gasteiger partial charge in [0.15, 0.2) is 0 Å². The molecule has 1 N–H and O–H groups in total. The van der Waals surface area contributed by atoms with E-state index in [9.17, 15) is 19.2 Å². The Morgan fingerprint density at radius 3 is 2.41 bits per heavy atom. The summed E-state index contributed by atoms with van der Waals surface area (Å²) in [6, 6.07) is 6.57. The number of methoxy groups -OCH3 is 1. The molecule has 1 aromatic carbocycles. The van der Waals surface area contributed by atoms with Gasteiger partial charge in [-0.05, 0) is 37.0 Å². The Hall–Kier alpha value is -2.90. The first-order chi connectivity index (χ1) is 13.0. The lowest BCUT2D eigenvalue weighted by Crippen LogP contribution is -2.43. The van der Waals surface area contributed by atoms with Gasteiger partial charge in [-0.2, -0.15) is 0 Å². The number of benzene rings is 1. The number of nitrogens with one attached hydrogen (secondary N) is 1. The van der Waals surface area contributed by atoms with E-state index >= 15 is 0 Å². The molecule has 0 spiro atoms. The van der Waals surface area contributed by atoms with Crippen LogP contribution in [0.15, 0.2) is 24.3 Å². The fraction of sp³-hybridized carbons (Fsp3) is 0.474. The summed E-state index contributed by atoms with van der Waals surface area (Å²) in [5.74, 6) is -1.45. The molecule has 5 amide bonds. The van der Waals surface area contributed by atoms with Gasteiger partial charge in [-0.15, -0.1) is 0 Å². The lowest BCUT2D eigenvalue weighted by molar-refractivity contribution is -0.144. The number of carbonyl (C=O) groups excluding carboxylic acids is 4. The van der Waals surface area contributed by atoms with Crippen molar-refractivity contribution in [3.8, 4) is 5.75 Å². The predicted molar refractivity (Wildman–Crippen MR) is 95.9 cm³/mol. The average Bonchev–Trinajstić information content (AvgIpc) is 3.26. The Labute approximate surface area is 157 Å². The van der Waals surface area contributed by atoms with Crippen molar-refractivity contribution in [3.63, 3.8) is 0 Å². The number of nitrogens with zero attached hydrogens (tertiary/aromatic N) is 2. The van der Waals surface area contributed by atoms with Crippen LogP contribution < -0.4 is 10.1 Å². The molecule has 2 fully saturated rings. The first kappa shape index (κ1) is 18.9. The molecule has 0 radical (unpaired) electrons. The van der Waals surface area contributed by atoms with Crippen LogP contribution in [-0.2, 0) is 20.8 Å². The summed E-state index contributed by atoms with van der Waals surface area (Å²) in [7, 11) is 1.59. The van der Waals surface area contributed by atoms with Crippen LogP contribution in [0, 0.1) is 0 Å². The molecule has 8 heteroatoms. The largest absolute Gasteiger partial charge is 0.497 e.